The molecular formula is C19H14N2O6. The first-order chi connectivity index (χ1) is 13.2. The normalized spacial score (nSPS) is 17.5. The first kappa shape index (κ1) is 15.7. The summed E-state index contributed by atoms with van der Waals surface area (Å²) in [6.07, 6.45) is 1.66. The van der Waals surface area contributed by atoms with Gasteiger partial charge in [0.05, 0.1) is 19.1 Å². The van der Waals surface area contributed by atoms with Crippen molar-refractivity contribution in [1.29, 1.82) is 0 Å². The Morgan fingerprint density at radius 3 is 2.96 bits per heavy atom. The standard InChI is InChI=1S/C19H14N2O6/c1-24-12-6-10(7-13-17(12)26-9-25-13)11-8-15(22)27-18-16(11)19(23)21-5-3-2-4-14(21)20-18/h2-7,11H,8-9H2,1H3. The van der Waals surface area contributed by atoms with Gasteiger partial charge in [0, 0.05) is 12.1 Å². The average molecular weight is 366 g/mol. The Labute approximate surface area is 152 Å². The van der Waals surface area contributed by atoms with E-state index in [-0.39, 0.29) is 24.7 Å². The fourth-order valence-corrected chi connectivity index (χ4v) is 3.51. The SMILES string of the molecule is COc1cc(C2CC(=O)Oc3nc4ccccn4c(=O)c32)cc2c1OCO2. The summed E-state index contributed by atoms with van der Waals surface area (Å²) in [6, 6.07) is 8.70. The Morgan fingerprint density at radius 2 is 2.11 bits per heavy atom. The smallest absolute Gasteiger partial charge is 0.313 e. The number of methoxy groups -OCH3 is 1. The van der Waals surface area contributed by atoms with E-state index < -0.39 is 11.9 Å². The number of esters is 1. The highest BCUT2D eigenvalue weighted by Gasteiger charge is 2.35. The minimum absolute atomic E-state index is 0.0195. The molecule has 1 aromatic carbocycles. The summed E-state index contributed by atoms with van der Waals surface area (Å²) >= 11 is 0. The van der Waals surface area contributed by atoms with E-state index in [0.29, 0.717) is 34.0 Å². The van der Waals surface area contributed by atoms with Crippen molar-refractivity contribution in [2.24, 2.45) is 0 Å². The van der Waals surface area contributed by atoms with Crippen LogP contribution in [0.3, 0.4) is 0 Å². The number of hydrogen-bond donors (Lipinski definition) is 0. The van der Waals surface area contributed by atoms with Crippen LogP contribution < -0.4 is 24.5 Å². The first-order valence-corrected chi connectivity index (χ1v) is 8.35. The molecule has 0 radical (unpaired) electrons. The lowest BCUT2D eigenvalue weighted by Gasteiger charge is -2.24. The van der Waals surface area contributed by atoms with Crippen LogP contribution in [0.15, 0.2) is 41.3 Å². The van der Waals surface area contributed by atoms with Gasteiger partial charge in [0.2, 0.25) is 18.4 Å². The van der Waals surface area contributed by atoms with Crippen LogP contribution in [0.25, 0.3) is 5.65 Å². The van der Waals surface area contributed by atoms with E-state index in [2.05, 4.69) is 4.98 Å². The molecule has 0 aliphatic carbocycles. The van der Waals surface area contributed by atoms with Gasteiger partial charge in [-0.25, -0.2) is 0 Å². The molecule has 2 aromatic heterocycles. The lowest BCUT2D eigenvalue weighted by atomic mass is 9.87. The van der Waals surface area contributed by atoms with E-state index in [9.17, 15) is 9.59 Å². The largest absolute Gasteiger partial charge is 0.493 e. The predicted octanol–water partition coefficient (Wildman–Crippen LogP) is 1.87. The summed E-state index contributed by atoms with van der Waals surface area (Å²) in [7, 11) is 1.52. The second-order valence-electron chi connectivity index (χ2n) is 6.25. The molecule has 2 aliphatic heterocycles. The third kappa shape index (κ3) is 2.33. The first-order valence-electron chi connectivity index (χ1n) is 8.35. The molecule has 2 aliphatic rings. The molecule has 0 spiro atoms. The van der Waals surface area contributed by atoms with Crippen molar-refractivity contribution >= 4 is 11.6 Å². The van der Waals surface area contributed by atoms with E-state index in [1.54, 1.807) is 36.5 Å². The van der Waals surface area contributed by atoms with Crippen molar-refractivity contribution in [3.8, 4) is 23.1 Å². The summed E-state index contributed by atoms with van der Waals surface area (Å²) in [6.45, 7) is 0.0906. The number of benzene rings is 1. The summed E-state index contributed by atoms with van der Waals surface area (Å²) in [5.74, 6) is 0.573. The van der Waals surface area contributed by atoms with E-state index in [0.717, 1.165) is 0 Å². The van der Waals surface area contributed by atoms with Crippen LogP contribution in [0.4, 0.5) is 0 Å². The molecule has 5 rings (SSSR count). The monoisotopic (exact) mass is 366 g/mol. The Morgan fingerprint density at radius 1 is 1.22 bits per heavy atom. The third-order valence-corrected chi connectivity index (χ3v) is 4.75. The number of carbonyl (C=O) groups excluding carboxylic acids is 1. The Kier molecular flexibility index (Phi) is 3.33. The lowest BCUT2D eigenvalue weighted by Crippen LogP contribution is -2.31. The second kappa shape index (κ2) is 5.73. The number of aromatic nitrogens is 2. The highest BCUT2D eigenvalue weighted by atomic mass is 16.7. The number of ether oxygens (including phenoxy) is 4. The number of fused-ring (bicyclic) bond motifs is 3. The molecule has 0 saturated heterocycles. The number of pyridine rings is 1. The molecule has 4 heterocycles. The maximum absolute atomic E-state index is 13.1. The fourth-order valence-electron chi connectivity index (χ4n) is 3.51. The van der Waals surface area contributed by atoms with Gasteiger partial charge in [-0.2, -0.15) is 4.98 Å². The maximum Gasteiger partial charge on any atom is 0.313 e. The minimum Gasteiger partial charge on any atom is -0.493 e. The minimum atomic E-state index is -0.526. The molecule has 3 aromatic rings. The van der Waals surface area contributed by atoms with E-state index >= 15 is 0 Å². The van der Waals surface area contributed by atoms with Crippen molar-refractivity contribution in [1.82, 2.24) is 9.38 Å². The highest BCUT2D eigenvalue weighted by molar-refractivity contribution is 5.77. The molecule has 0 bridgehead atoms. The van der Waals surface area contributed by atoms with Crippen LogP contribution in [0.2, 0.25) is 0 Å². The molecule has 0 fully saturated rings. The molecule has 136 valence electrons. The van der Waals surface area contributed by atoms with Crippen molar-refractivity contribution in [2.75, 3.05) is 13.9 Å². The van der Waals surface area contributed by atoms with Gasteiger partial charge in [-0.15, -0.1) is 0 Å². The zero-order valence-corrected chi connectivity index (χ0v) is 14.3. The van der Waals surface area contributed by atoms with Crippen LogP contribution in [-0.4, -0.2) is 29.3 Å². The number of hydrogen-bond acceptors (Lipinski definition) is 7. The van der Waals surface area contributed by atoms with E-state index in [1.165, 1.54) is 11.5 Å². The highest BCUT2D eigenvalue weighted by Crippen LogP contribution is 2.46. The van der Waals surface area contributed by atoms with Gasteiger partial charge in [-0.05, 0) is 29.8 Å². The Balaban J connectivity index is 1.75. The Hall–Kier alpha value is -3.55. The van der Waals surface area contributed by atoms with E-state index in [1.807, 2.05) is 0 Å². The summed E-state index contributed by atoms with van der Waals surface area (Å²) < 4.78 is 23.0. The topological polar surface area (TPSA) is 88.4 Å². The van der Waals surface area contributed by atoms with Crippen molar-refractivity contribution in [3.63, 3.8) is 0 Å². The van der Waals surface area contributed by atoms with Gasteiger partial charge in [-0.1, -0.05) is 6.07 Å². The van der Waals surface area contributed by atoms with Gasteiger partial charge < -0.3 is 18.9 Å². The quantitative estimate of drug-likeness (QED) is 0.640. The molecule has 0 N–H and O–H groups in total. The molecule has 0 amide bonds. The van der Waals surface area contributed by atoms with Gasteiger partial charge in [-0.3, -0.25) is 14.0 Å². The van der Waals surface area contributed by atoms with Crippen LogP contribution in [-0.2, 0) is 4.79 Å². The van der Waals surface area contributed by atoms with Crippen LogP contribution in [0, 0.1) is 0 Å². The summed E-state index contributed by atoms with van der Waals surface area (Å²) in [4.78, 5) is 29.6. The van der Waals surface area contributed by atoms with Crippen molar-refractivity contribution in [2.45, 2.75) is 12.3 Å². The van der Waals surface area contributed by atoms with Crippen LogP contribution in [0.5, 0.6) is 23.1 Å². The van der Waals surface area contributed by atoms with Gasteiger partial charge in [0.15, 0.2) is 11.5 Å². The predicted molar refractivity (Wildman–Crippen MR) is 92.7 cm³/mol. The summed E-state index contributed by atoms with van der Waals surface area (Å²) in [5, 5.41) is 0. The zero-order valence-electron chi connectivity index (χ0n) is 14.3. The molecule has 1 atom stereocenters. The maximum atomic E-state index is 13.1. The lowest BCUT2D eigenvalue weighted by molar-refractivity contribution is -0.135. The molecule has 8 heteroatoms. The summed E-state index contributed by atoms with van der Waals surface area (Å²) in [5.41, 5.74) is 1.17. The molecule has 8 nitrogen and oxygen atoms in total. The number of nitrogens with zero attached hydrogens (tertiary/aromatic N) is 2. The van der Waals surface area contributed by atoms with Crippen molar-refractivity contribution in [3.05, 3.63) is 58.0 Å². The molecular weight excluding hydrogens is 352 g/mol. The van der Waals surface area contributed by atoms with Gasteiger partial charge >= 0.3 is 5.97 Å². The van der Waals surface area contributed by atoms with Gasteiger partial charge in [0.1, 0.15) is 5.65 Å². The molecule has 0 saturated carbocycles. The number of rotatable bonds is 2. The molecule has 27 heavy (non-hydrogen) atoms. The number of carbonyl (C=O) groups is 1. The van der Waals surface area contributed by atoms with Crippen LogP contribution in [0.1, 0.15) is 23.5 Å². The van der Waals surface area contributed by atoms with Crippen molar-refractivity contribution < 1.29 is 23.7 Å². The van der Waals surface area contributed by atoms with E-state index in [4.69, 9.17) is 18.9 Å². The zero-order chi connectivity index (χ0) is 18.5. The second-order valence-corrected chi connectivity index (χ2v) is 6.25. The van der Waals surface area contributed by atoms with Gasteiger partial charge in [0.25, 0.3) is 5.56 Å². The third-order valence-electron chi connectivity index (χ3n) is 4.75. The fraction of sp³-hybridized carbons (Fsp3) is 0.211. The average Bonchev–Trinajstić information content (AvgIpc) is 3.15. The van der Waals surface area contributed by atoms with Crippen LogP contribution >= 0.6 is 0 Å². The Bertz CT molecular complexity index is 1150. The molecule has 1 unspecified atom stereocenters.